The molecule has 96 valence electrons. The molecule has 18 heavy (non-hydrogen) atoms. The molecule has 3 N–H and O–H groups in total. The third-order valence-corrected chi connectivity index (χ3v) is 3.34. The van der Waals surface area contributed by atoms with Gasteiger partial charge in [0.25, 0.3) is 0 Å². The van der Waals surface area contributed by atoms with Crippen LogP contribution in [-0.2, 0) is 11.3 Å². The van der Waals surface area contributed by atoms with Gasteiger partial charge in [-0.1, -0.05) is 0 Å². The number of aromatic nitrogens is 1. The average molecular weight is 246 g/mol. The van der Waals surface area contributed by atoms with Crippen molar-refractivity contribution in [3.8, 4) is 0 Å². The van der Waals surface area contributed by atoms with E-state index in [4.69, 9.17) is 11.1 Å². The molecule has 5 heteroatoms. The molecule has 2 heterocycles. The summed E-state index contributed by atoms with van der Waals surface area (Å²) in [5.74, 6) is 0.288. The second-order valence-electron chi connectivity index (χ2n) is 4.70. The Kier molecular flexibility index (Phi) is 4.04. The van der Waals surface area contributed by atoms with Crippen molar-refractivity contribution in [2.45, 2.75) is 19.4 Å². The Balaban J connectivity index is 1.95. The summed E-state index contributed by atoms with van der Waals surface area (Å²) >= 11 is 0. The fourth-order valence-corrected chi connectivity index (χ4v) is 2.21. The summed E-state index contributed by atoms with van der Waals surface area (Å²) in [7, 11) is 0. The Bertz CT molecular complexity index is 438. The molecule has 1 saturated heterocycles. The van der Waals surface area contributed by atoms with Crippen LogP contribution >= 0.6 is 0 Å². The van der Waals surface area contributed by atoms with E-state index in [2.05, 4.69) is 9.88 Å². The van der Waals surface area contributed by atoms with Crippen molar-refractivity contribution in [2.75, 3.05) is 13.1 Å². The third-order valence-electron chi connectivity index (χ3n) is 3.34. The van der Waals surface area contributed by atoms with Crippen LogP contribution in [0.2, 0.25) is 0 Å². The number of hydrogen-bond donors (Lipinski definition) is 2. The van der Waals surface area contributed by atoms with Gasteiger partial charge in [0.05, 0.1) is 5.69 Å². The Hall–Kier alpha value is -1.75. The van der Waals surface area contributed by atoms with E-state index in [0.717, 1.165) is 44.5 Å². The number of carbonyl (C=O) groups is 1. The lowest BCUT2D eigenvalue weighted by molar-refractivity contribution is -0.112. The monoisotopic (exact) mass is 246 g/mol. The van der Waals surface area contributed by atoms with E-state index >= 15 is 0 Å². The van der Waals surface area contributed by atoms with Crippen LogP contribution in [-0.4, -0.2) is 35.1 Å². The summed E-state index contributed by atoms with van der Waals surface area (Å²) in [6.07, 6.45) is 4.60. The molecule has 0 bridgehead atoms. The number of aldehydes is 1. The first kappa shape index (κ1) is 12.7. The van der Waals surface area contributed by atoms with Gasteiger partial charge in [-0.05, 0) is 38.1 Å². The Morgan fingerprint density at radius 1 is 1.56 bits per heavy atom. The highest BCUT2D eigenvalue weighted by molar-refractivity contribution is 5.94. The second-order valence-corrected chi connectivity index (χ2v) is 4.70. The zero-order valence-electron chi connectivity index (χ0n) is 10.3. The number of nitrogens with two attached hydrogens (primary N) is 1. The molecular formula is C13H18N4O. The summed E-state index contributed by atoms with van der Waals surface area (Å²) in [4.78, 5) is 17.3. The summed E-state index contributed by atoms with van der Waals surface area (Å²) in [5.41, 5.74) is 7.09. The second kappa shape index (κ2) is 5.73. The molecule has 0 spiro atoms. The summed E-state index contributed by atoms with van der Waals surface area (Å²) in [5, 5.41) is 7.40. The van der Waals surface area contributed by atoms with Crippen molar-refractivity contribution in [1.82, 2.24) is 9.88 Å². The molecule has 0 unspecified atom stereocenters. The molecule has 1 aliphatic rings. The first-order valence-electron chi connectivity index (χ1n) is 6.16. The Labute approximate surface area is 107 Å². The number of amidine groups is 1. The number of rotatable bonds is 4. The highest BCUT2D eigenvalue weighted by Gasteiger charge is 2.18. The Morgan fingerprint density at radius 3 is 2.89 bits per heavy atom. The molecule has 0 atom stereocenters. The molecule has 1 fully saturated rings. The van der Waals surface area contributed by atoms with Crippen LogP contribution in [0.15, 0.2) is 18.3 Å². The van der Waals surface area contributed by atoms with Crippen molar-refractivity contribution >= 4 is 12.1 Å². The quantitative estimate of drug-likeness (QED) is 0.467. The molecule has 1 aromatic rings. The lowest BCUT2D eigenvalue weighted by atomic mass is 9.98. The van der Waals surface area contributed by atoms with Gasteiger partial charge in [0.2, 0.25) is 0 Å². The summed E-state index contributed by atoms with van der Waals surface area (Å²) in [6, 6.07) is 3.60. The van der Waals surface area contributed by atoms with Crippen molar-refractivity contribution in [3.63, 3.8) is 0 Å². The van der Waals surface area contributed by atoms with Crippen LogP contribution < -0.4 is 5.73 Å². The van der Waals surface area contributed by atoms with E-state index in [1.54, 1.807) is 12.3 Å². The van der Waals surface area contributed by atoms with Gasteiger partial charge < -0.3 is 10.5 Å². The number of pyridine rings is 1. The van der Waals surface area contributed by atoms with Gasteiger partial charge in [-0.2, -0.15) is 0 Å². The van der Waals surface area contributed by atoms with Crippen LogP contribution in [0.25, 0.3) is 0 Å². The van der Waals surface area contributed by atoms with Gasteiger partial charge in [-0.15, -0.1) is 0 Å². The van der Waals surface area contributed by atoms with E-state index in [0.29, 0.717) is 5.56 Å². The number of hydrogen-bond acceptors (Lipinski definition) is 4. The number of nitrogens with one attached hydrogen (secondary N) is 1. The molecule has 0 radical (unpaired) electrons. The number of likely N-dealkylation sites (tertiary alicyclic amines) is 1. The Morgan fingerprint density at radius 2 is 2.28 bits per heavy atom. The minimum Gasteiger partial charge on any atom is -0.384 e. The van der Waals surface area contributed by atoms with Gasteiger partial charge in [0, 0.05) is 24.2 Å². The number of carbonyl (C=O) groups excluding carboxylic acids is 1. The maximum absolute atomic E-state index is 10.7. The van der Waals surface area contributed by atoms with Crippen LogP contribution in [0.4, 0.5) is 0 Å². The minimum atomic E-state index is 0.0679. The van der Waals surface area contributed by atoms with Crippen LogP contribution in [0.5, 0.6) is 0 Å². The molecule has 0 saturated carbocycles. The van der Waals surface area contributed by atoms with Crippen LogP contribution in [0.1, 0.15) is 24.1 Å². The molecule has 1 aliphatic heterocycles. The highest BCUT2D eigenvalue weighted by Crippen LogP contribution is 2.16. The van der Waals surface area contributed by atoms with Crippen molar-refractivity contribution in [1.29, 1.82) is 5.41 Å². The van der Waals surface area contributed by atoms with Crippen molar-refractivity contribution in [3.05, 3.63) is 29.6 Å². The maximum atomic E-state index is 10.7. The summed E-state index contributed by atoms with van der Waals surface area (Å²) < 4.78 is 0. The van der Waals surface area contributed by atoms with E-state index in [-0.39, 0.29) is 11.8 Å². The average Bonchev–Trinajstić information content (AvgIpc) is 2.40. The van der Waals surface area contributed by atoms with Gasteiger partial charge >= 0.3 is 0 Å². The van der Waals surface area contributed by atoms with Crippen LogP contribution in [0, 0.1) is 11.3 Å². The molecule has 0 aromatic carbocycles. The summed E-state index contributed by atoms with van der Waals surface area (Å²) in [6.45, 7) is 2.61. The van der Waals surface area contributed by atoms with E-state index in [1.165, 1.54) is 0 Å². The fraction of sp³-hybridized carbons (Fsp3) is 0.462. The fourth-order valence-electron chi connectivity index (χ4n) is 2.21. The van der Waals surface area contributed by atoms with E-state index in [9.17, 15) is 4.79 Å². The maximum Gasteiger partial charge on any atom is 0.123 e. The number of nitrogens with zero attached hydrogens (tertiary/aromatic N) is 2. The van der Waals surface area contributed by atoms with E-state index in [1.807, 2.05) is 6.07 Å². The predicted molar refractivity (Wildman–Crippen MR) is 69.3 cm³/mol. The first-order valence-corrected chi connectivity index (χ1v) is 6.16. The predicted octanol–water partition coefficient (Wildman–Crippen LogP) is 0.777. The first-order chi connectivity index (χ1) is 8.69. The molecular weight excluding hydrogens is 228 g/mol. The molecule has 1 aromatic heterocycles. The van der Waals surface area contributed by atoms with Gasteiger partial charge in [0.1, 0.15) is 12.1 Å². The van der Waals surface area contributed by atoms with Crippen molar-refractivity contribution in [2.24, 2.45) is 11.7 Å². The standard InChI is InChI=1S/C13H18N4O/c14-13(15)11-1-4-16-12(7-11)8-17-5-2-10(9-18)3-6-17/h1,4,7,9-10H,2-3,5-6,8H2,(H3,14,15). The topological polar surface area (TPSA) is 83.1 Å². The van der Waals surface area contributed by atoms with Crippen molar-refractivity contribution < 1.29 is 4.79 Å². The largest absolute Gasteiger partial charge is 0.384 e. The zero-order chi connectivity index (χ0) is 13.0. The smallest absolute Gasteiger partial charge is 0.123 e. The SMILES string of the molecule is N=C(N)c1ccnc(CN2CCC(C=O)CC2)c1. The lowest BCUT2D eigenvalue weighted by Crippen LogP contribution is -2.33. The molecule has 0 aliphatic carbocycles. The normalized spacial score (nSPS) is 17.6. The van der Waals surface area contributed by atoms with Gasteiger partial charge in [0.15, 0.2) is 0 Å². The highest BCUT2D eigenvalue weighted by atomic mass is 16.1. The molecule has 5 nitrogen and oxygen atoms in total. The molecule has 2 rings (SSSR count). The lowest BCUT2D eigenvalue weighted by Gasteiger charge is -2.29. The molecule has 0 amide bonds. The van der Waals surface area contributed by atoms with Gasteiger partial charge in [-0.3, -0.25) is 15.3 Å². The van der Waals surface area contributed by atoms with Crippen LogP contribution in [0.3, 0.4) is 0 Å². The number of nitrogen functional groups attached to an aromatic ring is 1. The van der Waals surface area contributed by atoms with Gasteiger partial charge in [-0.25, -0.2) is 0 Å². The number of piperidine rings is 1. The zero-order valence-corrected chi connectivity index (χ0v) is 10.3. The minimum absolute atomic E-state index is 0.0679. The third kappa shape index (κ3) is 3.13. The van der Waals surface area contributed by atoms with E-state index < -0.39 is 0 Å².